The number of benzene rings is 1. The van der Waals surface area contributed by atoms with Crippen LogP contribution in [0.3, 0.4) is 0 Å². The molecular formula is C15H23BrN2O2. The Morgan fingerprint density at radius 3 is 2.35 bits per heavy atom. The molecule has 1 saturated heterocycles. The van der Waals surface area contributed by atoms with Crippen molar-refractivity contribution in [2.45, 2.75) is 26.1 Å². The van der Waals surface area contributed by atoms with E-state index in [0.717, 1.165) is 36.2 Å². The molecule has 20 heavy (non-hydrogen) atoms. The number of hydrogen-bond donors (Lipinski definition) is 2. The van der Waals surface area contributed by atoms with Gasteiger partial charge >= 0.3 is 0 Å². The predicted octanol–water partition coefficient (Wildman–Crippen LogP) is 1.83. The van der Waals surface area contributed by atoms with E-state index in [2.05, 4.69) is 31.8 Å². The molecule has 0 bridgehead atoms. The molecule has 0 radical (unpaired) electrons. The molecule has 0 saturated carbocycles. The van der Waals surface area contributed by atoms with Crippen LogP contribution in [0.2, 0.25) is 0 Å². The lowest BCUT2D eigenvalue weighted by Crippen LogP contribution is -2.50. The Bertz CT molecular complexity index is 452. The van der Waals surface area contributed by atoms with E-state index in [1.54, 1.807) is 0 Å². The van der Waals surface area contributed by atoms with Crippen LogP contribution in [0.4, 0.5) is 5.69 Å². The Morgan fingerprint density at radius 2 is 1.85 bits per heavy atom. The highest BCUT2D eigenvalue weighted by Crippen LogP contribution is 2.28. The van der Waals surface area contributed by atoms with Crippen LogP contribution in [0.5, 0.6) is 0 Å². The first kappa shape index (κ1) is 15.8. The Balaban J connectivity index is 1.97. The quantitative estimate of drug-likeness (QED) is 0.876. The molecular weight excluding hydrogens is 320 g/mol. The number of piperazine rings is 1. The molecule has 0 atom stereocenters. The van der Waals surface area contributed by atoms with E-state index < -0.39 is 5.60 Å². The van der Waals surface area contributed by atoms with Crippen LogP contribution in [0, 0.1) is 0 Å². The highest BCUT2D eigenvalue weighted by atomic mass is 79.9. The minimum atomic E-state index is -0.633. The molecule has 112 valence electrons. The molecule has 1 fully saturated rings. The molecule has 0 aliphatic carbocycles. The summed E-state index contributed by atoms with van der Waals surface area (Å²) in [7, 11) is 0. The van der Waals surface area contributed by atoms with Crippen molar-refractivity contribution in [3.05, 3.63) is 28.2 Å². The molecule has 1 aromatic rings. The van der Waals surface area contributed by atoms with E-state index in [1.807, 2.05) is 26.0 Å². The molecule has 0 spiro atoms. The zero-order valence-corrected chi connectivity index (χ0v) is 13.7. The molecule has 5 heteroatoms. The van der Waals surface area contributed by atoms with Gasteiger partial charge in [-0.05, 0) is 47.5 Å². The van der Waals surface area contributed by atoms with Gasteiger partial charge in [0.1, 0.15) is 0 Å². The SMILES string of the molecule is CC(C)(O)CN1CCN(c2ccc(CO)cc2Br)CC1. The van der Waals surface area contributed by atoms with Crippen molar-refractivity contribution >= 4 is 21.6 Å². The topological polar surface area (TPSA) is 46.9 Å². The van der Waals surface area contributed by atoms with Crippen LogP contribution >= 0.6 is 15.9 Å². The first-order valence-electron chi connectivity index (χ1n) is 6.98. The highest BCUT2D eigenvalue weighted by Gasteiger charge is 2.23. The summed E-state index contributed by atoms with van der Waals surface area (Å²) in [6.07, 6.45) is 0. The van der Waals surface area contributed by atoms with E-state index in [-0.39, 0.29) is 6.61 Å². The number of aliphatic hydroxyl groups is 2. The third-order valence-corrected chi connectivity index (χ3v) is 4.15. The van der Waals surface area contributed by atoms with Crippen molar-refractivity contribution in [3.63, 3.8) is 0 Å². The first-order chi connectivity index (χ1) is 9.39. The number of nitrogens with zero attached hydrogens (tertiary/aromatic N) is 2. The summed E-state index contributed by atoms with van der Waals surface area (Å²) in [6.45, 7) is 8.30. The van der Waals surface area contributed by atoms with Gasteiger partial charge in [-0.2, -0.15) is 0 Å². The minimum Gasteiger partial charge on any atom is -0.392 e. The van der Waals surface area contributed by atoms with Gasteiger partial charge in [0.2, 0.25) is 0 Å². The number of aliphatic hydroxyl groups excluding tert-OH is 1. The second kappa shape index (κ2) is 6.43. The van der Waals surface area contributed by atoms with Gasteiger partial charge in [-0.25, -0.2) is 0 Å². The smallest absolute Gasteiger partial charge is 0.0718 e. The summed E-state index contributed by atoms with van der Waals surface area (Å²) in [6, 6.07) is 5.99. The predicted molar refractivity (Wildman–Crippen MR) is 85.0 cm³/mol. The normalized spacial score (nSPS) is 17.6. The van der Waals surface area contributed by atoms with Gasteiger partial charge in [0.25, 0.3) is 0 Å². The molecule has 1 aliphatic rings. The largest absolute Gasteiger partial charge is 0.392 e. The first-order valence-corrected chi connectivity index (χ1v) is 7.77. The lowest BCUT2D eigenvalue weighted by molar-refractivity contribution is 0.0345. The van der Waals surface area contributed by atoms with Gasteiger partial charge < -0.3 is 15.1 Å². The van der Waals surface area contributed by atoms with E-state index in [4.69, 9.17) is 5.11 Å². The molecule has 1 aromatic carbocycles. The number of hydrogen-bond acceptors (Lipinski definition) is 4. The molecule has 1 aliphatic heterocycles. The monoisotopic (exact) mass is 342 g/mol. The third-order valence-electron chi connectivity index (χ3n) is 3.52. The molecule has 4 nitrogen and oxygen atoms in total. The second-order valence-electron chi connectivity index (χ2n) is 6.02. The second-order valence-corrected chi connectivity index (χ2v) is 6.87. The van der Waals surface area contributed by atoms with Crippen molar-refractivity contribution in [1.82, 2.24) is 4.90 Å². The molecule has 0 amide bonds. The average Bonchev–Trinajstić information content (AvgIpc) is 2.38. The number of rotatable bonds is 4. The number of halogens is 1. The minimum absolute atomic E-state index is 0.0677. The Morgan fingerprint density at radius 1 is 1.20 bits per heavy atom. The van der Waals surface area contributed by atoms with Crippen molar-refractivity contribution in [3.8, 4) is 0 Å². The van der Waals surface area contributed by atoms with E-state index >= 15 is 0 Å². The van der Waals surface area contributed by atoms with E-state index in [0.29, 0.717) is 6.54 Å². The van der Waals surface area contributed by atoms with Crippen LogP contribution in [-0.4, -0.2) is 53.4 Å². The van der Waals surface area contributed by atoms with Crippen molar-refractivity contribution in [1.29, 1.82) is 0 Å². The van der Waals surface area contributed by atoms with Gasteiger partial charge in [0, 0.05) is 37.2 Å². The van der Waals surface area contributed by atoms with Crippen LogP contribution in [0.15, 0.2) is 22.7 Å². The standard InChI is InChI=1S/C15H23BrN2O2/c1-15(2,20)11-17-5-7-18(8-6-17)14-4-3-12(10-19)9-13(14)16/h3-4,9,19-20H,5-8,10-11H2,1-2H3. The fourth-order valence-electron chi connectivity index (χ4n) is 2.60. The number of β-amino-alcohol motifs (C(OH)–C–C–N with tert-alkyl or cyclic N) is 1. The average molecular weight is 343 g/mol. The lowest BCUT2D eigenvalue weighted by atomic mass is 10.1. The fraction of sp³-hybridized carbons (Fsp3) is 0.600. The van der Waals surface area contributed by atoms with Gasteiger partial charge in [-0.15, -0.1) is 0 Å². The maximum atomic E-state index is 9.87. The van der Waals surface area contributed by atoms with E-state index in [1.165, 1.54) is 5.69 Å². The molecule has 2 N–H and O–H groups in total. The zero-order chi connectivity index (χ0) is 14.8. The Hall–Kier alpha value is -0.620. The van der Waals surface area contributed by atoms with Crippen LogP contribution in [0.1, 0.15) is 19.4 Å². The van der Waals surface area contributed by atoms with Crippen molar-refractivity contribution in [2.24, 2.45) is 0 Å². The summed E-state index contributed by atoms with van der Waals surface area (Å²) in [5.41, 5.74) is 1.46. The summed E-state index contributed by atoms with van der Waals surface area (Å²) in [5.74, 6) is 0. The molecule has 1 heterocycles. The summed E-state index contributed by atoms with van der Waals surface area (Å²) >= 11 is 3.58. The summed E-state index contributed by atoms with van der Waals surface area (Å²) in [5, 5.41) is 19.0. The maximum Gasteiger partial charge on any atom is 0.0718 e. The van der Waals surface area contributed by atoms with Crippen LogP contribution < -0.4 is 4.90 Å². The van der Waals surface area contributed by atoms with Gasteiger partial charge in [0.15, 0.2) is 0 Å². The van der Waals surface area contributed by atoms with Crippen LogP contribution in [0.25, 0.3) is 0 Å². The summed E-state index contributed by atoms with van der Waals surface area (Å²) in [4.78, 5) is 4.64. The van der Waals surface area contributed by atoms with E-state index in [9.17, 15) is 5.11 Å². The summed E-state index contributed by atoms with van der Waals surface area (Å²) < 4.78 is 1.03. The Labute approximate surface area is 129 Å². The van der Waals surface area contributed by atoms with Crippen molar-refractivity contribution < 1.29 is 10.2 Å². The van der Waals surface area contributed by atoms with Gasteiger partial charge in [0.05, 0.1) is 17.9 Å². The molecule has 2 rings (SSSR count). The zero-order valence-electron chi connectivity index (χ0n) is 12.1. The van der Waals surface area contributed by atoms with Crippen LogP contribution in [-0.2, 0) is 6.61 Å². The third kappa shape index (κ3) is 4.19. The maximum absolute atomic E-state index is 9.87. The lowest BCUT2D eigenvalue weighted by Gasteiger charge is -2.38. The Kier molecular flexibility index (Phi) is 5.07. The van der Waals surface area contributed by atoms with Gasteiger partial charge in [-0.1, -0.05) is 6.07 Å². The molecule has 0 unspecified atom stereocenters. The molecule has 0 aromatic heterocycles. The fourth-order valence-corrected chi connectivity index (χ4v) is 3.28. The van der Waals surface area contributed by atoms with Gasteiger partial charge in [-0.3, -0.25) is 4.90 Å². The highest BCUT2D eigenvalue weighted by molar-refractivity contribution is 9.10. The van der Waals surface area contributed by atoms with Crippen molar-refractivity contribution in [2.75, 3.05) is 37.6 Å². The number of anilines is 1.